The summed E-state index contributed by atoms with van der Waals surface area (Å²) in [6, 6.07) is 0. The highest BCUT2D eigenvalue weighted by molar-refractivity contribution is 8.00. The molecule has 1 heterocycles. The monoisotopic (exact) mass is 280 g/mol. The minimum atomic E-state index is -0.493. The quantitative estimate of drug-likeness (QED) is 0.801. The SMILES string of the molecule is COC(=O)C1CC(=O)c2c(C)c(O)c(C)c(C)c2S1. The van der Waals surface area contributed by atoms with Gasteiger partial charge in [0.15, 0.2) is 5.78 Å². The van der Waals surface area contributed by atoms with Gasteiger partial charge in [-0.3, -0.25) is 9.59 Å². The molecule has 0 radical (unpaired) electrons. The van der Waals surface area contributed by atoms with Crippen LogP contribution in [0.2, 0.25) is 0 Å². The van der Waals surface area contributed by atoms with Crippen molar-refractivity contribution in [1.29, 1.82) is 0 Å². The maximum Gasteiger partial charge on any atom is 0.319 e. The number of aromatic hydroxyl groups is 1. The summed E-state index contributed by atoms with van der Waals surface area (Å²) < 4.78 is 4.72. The average molecular weight is 280 g/mol. The number of ketones is 1. The number of thioether (sulfide) groups is 1. The van der Waals surface area contributed by atoms with Gasteiger partial charge in [-0.05, 0) is 31.9 Å². The van der Waals surface area contributed by atoms with Crippen molar-refractivity contribution in [3.8, 4) is 5.75 Å². The zero-order valence-electron chi connectivity index (χ0n) is 11.4. The molecule has 2 rings (SSSR count). The molecule has 0 bridgehead atoms. The number of phenolic OH excluding ortho intramolecular Hbond substituents is 1. The molecule has 1 aromatic carbocycles. The van der Waals surface area contributed by atoms with E-state index in [2.05, 4.69) is 0 Å². The van der Waals surface area contributed by atoms with Gasteiger partial charge in [0.2, 0.25) is 0 Å². The first-order chi connectivity index (χ1) is 8.88. The largest absolute Gasteiger partial charge is 0.507 e. The highest BCUT2D eigenvalue weighted by Gasteiger charge is 2.34. The number of phenols is 1. The van der Waals surface area contributed by atoms with Crippen molar-refractivity contribution in [3.05, 3.63) is 22.3 Å². The van der Waals surface area contributed by atoms with Gasteiger partial charge in [-0.15, -0.1) is 11.8 Å². The number of carbonyl (C=O) groups is 2. The molecular formula is C14H16O4S. The van der Waals surface area contributed by atoms with Crippen molar-refractivity contribution in [2.24, 2.45) is 0 Å². The van der Waals surface area contributed by atoms with E-state index in [1.54, 1.807) is 6.92 Å². The van der Waals surface area contributed by atoms with Crippen LogP contribution in [-0.2, 0) is 9.53 Å². The lowest BCUT2D eigenvalue weighted by atomic mass is 9.94. The molecule has 4 nitrogen and oxygen atoms in total. The molecule has 0 aromatic heterocycles. The van der Waals surface area contributed by atoms with Crippen molar-refractivity contribution in [1.82, 2.24) is 0 Å². The topological polar surface area (TPSA) is 63.6 Å². The van der Waals surface area contributed by atoms with Crippen LogP contribution in [0.3, 0.4) is 0 Å². The van der Waals surface area contributed by atoms with Gasteiger partial charge in [0.1, 0.15) is 11.0 Å². The maximum absolute atomic E-state index is 12.2. The van der Waals surface area contributed by atoms with Crippen LogP contribution in [0.4, 0.5) is 0 Å². The van der Waals surface area contributed by atoms with Crippen LogP contribution < -0.4 is 0 Å². The molecule has 0 saturated heterocycles. The normalized spacial score (nSPS) is 18.1. The Balaban J connectivity index is 2.60. The van der Waals surface area contributed by atoms with E-state index in [1.165, 1.54) is 18.9 Å². The van der Waals surface area contributed by atoms with Gasteiger partial charge in [0, 0.05) is 22.4 Å². The summed E-state index contributed by atoms with van der Waals surface area (Å²) in [5.41, 5.74) is 2.75. The third kappa shape index (κ3) is 2.12. The summed E-state index contributed by atoms with van der Waals surface area (Å²) in [6.45, 7) is 5.40. The number of rotatable bonds is 1. The Bertz CT molecular complexity index is 578. The summed E-state index contributed by atoms with van der Waals surface area (Å²) in [7, 11) is 1.32. The van der Waals surface area contributed by atoms with Gasteiger partial charge in [-0.1, -0.05) is 0 Å². The van der Waals surface area contributed by atoms with Crippen molar-refractivity contribution < 1.29 is 19.4 Å². The van der Waals surface area contributed by atoms with Crippen molar-refractivity contribution in [2.75, 3.05) is 7.11 Å². The molecule has 0 fully saturated rings. The lowest BCUT2D eigenvalue weighted by Crippen LogP contribution is -2.27. The fourth-order valence-corrected chi connectivity index (χ4v) is 3.73. The Hall–Kier alpha value is -1.49. The molecule has 1 aliphatic heterocycles. The molecule has 0 saturated carbocycles. The van der Waals surface area contributed by atoms with E-state index < -0.39 is 5.25 Å². The first kappa shape index (κ1) is 13.9. The molecule has 1 aromatic rings. The smallest absolute Gasteiger partial charge is 0.319 e. The summed E-state index contributed by atoms with van der Waals surface area (Å²) in [5, 5.41) is 9.54. The highest BCUT2D eigenvalue weighted by atomic mass is 32.2. The van der Waals surface area contributed by atoms with Gasteiger partial charge in [-0.25, -0.2) is 0 Å². The molecule has 5 heteroatoms. The fraction of sp³-hybridized carbons (Fsp3) is 0.429. The molecule has 102 valence electrons. The minimum Gasteiger partial charge on any atom is -0.507 e. The van der Waals surface area contributed by atoms with Gasteiger partial charge in [0.05, 0.1) is 7.11 Å². The molecule has 0 spiro atoms. The molecule has 19 heavy (non-hydrogen) atoms. The lowest BCUT2D eigenvalue weighted by molar-refractivity contribution is -0.139. The molecule has 1 N–H and O–H groups in total. The van der Waals surface area contributed by atoms with Crippen LogP contribution in [0.5, 0.6) is 5.75 Å². The van der Waals surface area contributed by atoms with Crippen molar-refractivity contribution in [3.63, 3.8) is 0 Å². The van der Waals surface area contributed by atoms with Crippen LogP contribution in [0.25, 0.3) is 0 Å². The molecule has 1 aliphatic rings. The van der Waals surface area contributed by atoms with E-state index in [4.69, 9.17) is 4.74 Å². The second-order valence-electron chi connectivity index (χ2n) is 4.68. The Labute approximate surface area is 116 Å². The van der Waals surface area contributed by atoms with E-state index in [0.29, 0.717) is 11.1 Å². The minimum absolute atomic E-state index is 0.111. The van der Waals surface area contributed by atoms with Crippen molar-refractivity contribution in [2.45, 2.75) is 37.3 Å². The third-order valence-corrected chi connectivity index (χ3v) is 4.98. The van der Waals surface area contributed by atoms with E-state index in [9.17, 15) is 14.7 Å². The predicted octanol–water partition coefficient (Wildman–Crippen LogP) is 2.54. The highest BCUT2D eigenvalue weighted by Crippen LogP contribution is 2.44. The van der Waals surface area contributed by atoms with E-state index in [0.717, 1.165) is 16.0 Å². The number of carbonyl (C=O) groups excluding carboxylic acids is 2. The number of Topliss-reactive ketones (excluding diaryl/α,β-unsaturated/α-hetero) is 1. The van der Waals surface area contributed by atoms with E-state index in [1.807, 2.05) is 13.8 Å². The van der Waals surface area contributed by atoms with Crippen LogP contribution in [0.15, 0.2) is 4.90 Å². The summed E-state index contributed by atoms with van der Waals surface area (Å²) >= 11 is 1.35. The first-order valence-corrected chi connectivity index (χ1v) is 6.86. The summed E-state index contributed by atoms with van der Waals surface area (Å²) in [4.78, 5) is 24.6. The van der Waals surface area contributed by atoms with Gasteiger partial charge in [-0.2, -0.15) is 0 Å². The van der Waals surface area contributed by atoms with Crippen LogP contribution in [0, 0.1) is 20.8 Å². The first-order valence-electron chi connectivity index (χ1n) is 5.98. The van der Waals surface area contributed by atoms with Gasteiger partial charge >= 0.3 is 5.97 Å². The number of esters is 1. The number of hydrogen-bond donors (Lipinski definition) is 1. The molecular weight excluding hydrogens is 264 g/mol. The molecule has 0 aliphatic carbocycles. The molecule has 0 amide bonds. The van der Waals surface area contributed by atoms with Gasteiger partial charge < -0.3 is 9.84 Å². The zero-order valence-corrected chi connectivity index (χ0v) is 12.2. The summed E-state index contributed by atoms with van der Waals surface area (Å²) in [5.74, 6) is -0.325. The molecule has 1 unspecified atom stereocenters. The maximum atomic E-state index is 12.2. The van der Waals surface area contributed by atoms with Crippen molar-refractivity contribution >= 4 is 23.5 Å². The number of methoxy groups -OCH3 is 1. The second kappa shape index (κ2) is 4.89. The zero-order chi connectivity index (χ0) is 14.3. The van der Waals surface area contributed by atoms with Crippen LogP contribution in [-0.4, -0.2) is 29.2 Å². The Morgan fingerprint density at radius 1 is 1.26 bits per heavy atom. The van der Waals surface area contributed by atoms with Crippen LogP contribution in [0.1, 0.15) is 33.5 Å². The van der Waals surface area contributed by atoms with Crippen LogP contribution >= 0.6 is 11.8 Å². The Kier molecular flexibility index (Phi) is 3.58. The lowest BCUT2D eigenvalue weighted by Gasteiger charge is -2.26. The second-order valence-corrected chi connectivity index (χ2v) is 5.90. The fourth-order valence-electron chi connectivity index (χ4n) is 2.31. The predicted molar refractivity (Wildman–Crippen MR) is 72.9 cm³/mol. The Morgan fingerprint density at radius 3 is 2.47 bits per heavy atom. The number of benzene rings is 1. The number of hydrogen-bond acceptors (Lipinski definition) is 5. The standard InChI is InChI=1S/C14H16O4S/c1-6-7(2)13-11(8(3)12(6)16)9(15)5-10(19-13)14(17)18-4/h10,16H,5H2,1-4H3. The van der Waals surface area contributed by atoms with E-state index in [-0.39, 0.29) is 23.9 Å². The molecule has 1 atom stereocenters. The number of fused-ring (bicyclic) bond motifs is 1. The summed E-state index contributed by atoms with van der Waals surface area (Å²) in [6.07, 6.45) is 0.118. The average Bonchev–Trinajstić information content (AvgIpc) is 2.40. The van der Waals surface area contributed by atoms with E-state index >= 15 is 0 Å². The Morgan fingerprint density at radius 2 is 1.89 bits per heavy atom. The van der Waals surface area contributed by atoms with Gasteiger partial charge in [0.25, 0.3) is 0 Å². The number of ether oxygens (including phenoxy) is 1. The third-order valence-electron chi connectivity index (χ3n) is 3.59.